The number of halogens is 1. The van der Waals surface area contributed by atoms with E-state index in [0.29, 0.717) is 6.04 Å². The molecule has 19 heavy (non-hydrogen) atoms. The highest BCUT2D eigenvalue weighted by atomic mass is 79.9. The molecular weight excluding hydrogens is 302 g/mol. The van der Waals surface area contributed by atoms with Crippen molar-refractivity contribution in [2.45, 2.75) is 46.1 Å². The number of nitrogens with two attached hydrogens (primary N) is 1. The minimum atomic E-state index is 0.107. The molecule has 0 amide bonds. The average molecular weight is 326 g/mol. The van der Waals surface area contributed by atoms with Crippen molar-refractivity contribution in [1.29, 1.82) is 5.41 Å². The second kappa shape index (κ2) is 7.53. The molecule has 3 nitrogen and oxygen atoms in total. The van der Waals surface area contributed by atoms with Crippen LogP contribution in [0.25, 0.3) is 0 Å². The highest BCUT2D eigenvalue weighted by molar-refractivity contribution is 9.10. The first-order chi connectivity index (χ1) is 9.01. The van der Waals surface area contributed by atoms with Gasteiger partial charge in [-0.05, 0) is 53.9 Å². The lowest BCUT2D eigenvalue weighted by atomic mass is 10.1. The van der Waals surface area contributed by atoms with Crippen LogP contribution in [0.15, 0.2) is 22.7 Å². The first kappa shape index (κ1) is 16.0. The Morgan fingerprint density at radius 3 is 2.58 bits per heavy atom. The van der Waals surface area contributed by atoms with Crippen molar-refractivity contribution < 1.29 is 0 Å². The first-order valence-electron chi connectivity index (χ1n) is 6.91. The summed E-state index contributed by atoms with van der Waals surface area (Å²) >= 11 is 3.61. The molecule has 0 spiro atoms. The highest BCUT2D eigenvalue weighted by Crippen LogP contribution is 2.29. The van der Waals surface area contributed by atoms with Gasteiger partial charge in [0.1, 0.15) is 5.84 Å². The van der Waals surface area contributed by atoms with Gasteiger partial charge in [-0.25, -0.2) is 0 Å². The zero-order valence-electron chi connectivity index (χ0n) is 12.0. The molecule has 1 rings (SSSR count). The number of rotatable bonds is 7. The van der Waals surface area contributed by atoms with Crippen LogP contribution in [-0.4, -0.2) is 18.4 Å². The van der Waals surface area contributed by atoms with E-state index in [-0.39, 0.29) is 5.84 Å². The van der Waals surface area contributed by atoms with Crippen LogP contribution in [0, 0.1) is 5.41 Å². The van der Waals surface area contributed by atoms with Crippen LogP contribution >= 0.6 is 15.9 Å². The van der Waals surface area contributed by atoms with Gasteiger partial charge >= 0.3 is 0 Å². The summed E-state index contributed by atoms with van der Waals surface area (Å²) in [6, 6.07) is 6.41. The Balaban J connectivity index is 3.04. The molecule has 1 atom stereocenters. The van der Waals surface area contributed by atoms with E-state index >= 15 is 0 Å². The van der Waals surface area contributed by atoms with Crippen molar-refractivity contribution in [2.24, 2.45) is 5.73 Å². The van der Waals surface area contributed by atoms with Gasteiger partial charge in [0, 0.05) is 22.6 Å². The van der Waals surface area contributed by atoms with E-state index in [1.165, 1.54) is 18.5 Å². The summed E-state index contributed by atoms with van der Waals surface area (Å²) in [5, 5.41) is 7.48. The fraction of sp³-hybridized carbons (Fsp3) is 0.533. The van der Waals surface area contributed by atoms with E-state index in [0.717, 1.165) is 23.0 Å². The number of nitrogens with zero attached hydrogens (tertiary/aromatic N) is 1. The van der Waals surface area contributed by atoms with Gasteiger partial charge in [-0.3, -0.25) is 5.41 Å². The minimum absolute atomic E-state index is 0.107. The molecule has 4 heteroatoms. The van der Waals surface area contributed by atoms with E-state index in [4.69, 9.17) is 11.1 Å². The van der Waals surface area contributed by atoms with Gasteiger partial charge in [0.2, 0.25) is 0 Å². The molecule has 0 aliphatic heterocycles. The van der Waals surface area contributed by atoms with E-state index in [9.17, 15) is 0 Å². The third kappa shape index (κ3) is 4.23. The van der Waals surface area contributed by atoms with Gasteiger partial charge in [-0.15, -0.1) is 0 Å². The summed E-state index contributed by atoms with van der Waals surface area (Å²) in [5.74, 6) is 0.107. The Bertz CT molecular complexity index is 431. The smallest absolute Gasteiger partial charge is 0.122 e. The predicted molar refractivity (Wildman–Crippen MR) is 87.2 cm³/mol. The molecule has 0 fully saturated rings. The third-order valence-electron chi connectivity index (χ3n) is 3.44. The van der Waals surface area contributed by atoms with E-state index in [1.807, 2.05) is 12.1 Å². The fourth-order valence-electron chi connectivity index (χ4n) is 2.03. The van der Waals surface area contributed by atoms with Gasteiger partial charge in [-0.1, -0.05) is 20.3 Å². The maximum Gasteiger partial charge on any atom is 0.122 e. The number of amidine groups is 1. The average Bonchev–Trinajstić information content (AvgIpc) is 2.39. The molecule has 0 radical (unpaired) electrons. The summed E-state index contributed by atoms with van der Waals surface area (Å²) in [7, 11) is 0. The van der Waals surface area contributed by atoms with E-state index in [1.54, 1.807) is 0 Å². The van der Waals surface area contributed by atoms with Crippen LogP contribution in [0.5, 0.6) is 0 Å². The molecular formula is C15H24BrN3. The summed E-state index contributed by atoms with van der Waals surface area (Å²) < 4.78 is 1.01. The number of benzene rings is 1. The third-order valence-corrected chi connectivity index (χ3v) is 4.08. The molecule has 3 N–H and O–H groups in total. The Labute approximate surface area is 124 Å². The maximum absolute atomic E-state index is 7.48. The van der Waals surface area contributed by atoms with Crippen LogP contribution in [0.1, 0.15) is 45.6 Å². The molecule has 1 aromatic carbocycles. The van der Waals surface area contributed by atoms with Crippen molar-refractivity contribution in [3.8, 4) is 0 Å². The van der Waals surface area contributed by atoms with E-state index in [2.05, 4.69) is 47.7 Å². The highest BCUT2D eigenvalue weighted by Gasteiger charge is 2.15. The lowest BCUT2D eigenvalue weighted by molar-refractivity contribution is 0.595. The molecule has 0 aliphatic rings. The minimum Gasteiger partial charge on any atom is -0.384 e. The van der Waals surface area contributed by atoms with Gasteiger partial charge in [-0.2, -0.15) is 0 Å². The number of hydrogen-bond donors (Lipinski definition) is 2. The number of nitrogens with one attached hydrogen (secondary N) is 1. The molecule has 0 heterocycles. The monoisotopic (exact) mass is 325 g/mol. The van der Waals surface area contributed by atoms with Crippen LogP contribution in [-0.2, 0) is 0 Å². The van der Waals surface area contributed by atoms with Gasteiger partial charge in [0.15, 0.2) is 0 Å². The van der Waals surface area contributed by atoms with E-state index < -0.39 is 0 Å². The summed E-state index contributed by atoms with van der Waals surface area (Å²) in [6.45, 7) is 7.73. The quantitative estimate of drug-likeness (QED) is 0.584. The molecule has 1 aromatic rings. The summed E-state index contributed by atoms with van der Waals surface area (Å²) in [6.07, 6.45) is 3.49. The van der Waals surface area contributed by atoms with Gasteiger partial charge in [0.05, 0.1) is 5.69 Å². The summed E-state index contributed by atoms with van der Waals surface area (Å²) in [4.78, 5) is 2.43. The molecule has 106 valence electrons. The van der Waals surface area contributed by atoms with Gasteiger partial charge in [0.25, 0.3) is 0 Å². The van der Waals surface area contributed by atoms with Crippen LogP contribution in [0.2, 0.25) is 0 Å². The molecule has 0 saturated carbocycles. The van der Waals surface area contributed by atoms with Crippen LogP contribution < -0.4 is 10.6 Å². The number of hydrogen-bond acceptors (Lipinski definition) is 2. The number of nitrogen functional groups attached to an aromatic ring is 1. The topological polar surface area (TPSA) is 53.1 Å². The van der Waals surface area contributed by atoms with Crippen molar-refractivity contribution >= 4 is 27.5 Å². The van der Waals surface area contributed by atoms with Crippen molar-refractivity contribution in [3.63, 3.8) is 0 Å². The molecule has 0 saturated heterocycles. The Morgan fingerprint density at radius 1 is 1.42 bits per heavy atom. The first-order valence-corrected chi connectivity index (χ1v) is 7.71. The fourth-order valence-corrected chi connectivity index (χ4v) is 2.64. The van der Waals surface area contributed by atoms with Crippen LogP contribution in [0.4, 0.5) is 5.69 Å². The SMILES string of the molecule is CCCCN(c1ccc(C(=N)N)cc1Br)C(C)CC. The lowest BCUT2D eigenvalue weighted by Gasteiger charge is -2.32. The maximum atomic E-state index is 7.48. The predicted octanol–water partition coefficient (Wildman–Crippen LogP) is 4.14. The Morgan fingerprint density at radius 2 is 2.11 bits per heavy atom. The second-order valence-electron chi connectivity index (χ2n) is 4.88. The van der Waals surface area contributed by atoms with Crippen molar-refractivity contribution in [1.82, 2.24) is 0 Å². The molecule has 0 bridgehead atoms. The zero-order valence-corrected chi connectivity index (χ0v) is 13.6. The molecule has 1 unspecified atom stereocenters. The van der Waals surface area contributed by atoms with Gasteiger partial charge < -0.3 is 10.6 Å². The summed E-state index contributed by atoms with van der Waals surface area (Å²) in [5.41, 5.74) is 7.47. The Hall–Kier alpha value is -1.03. The normalized spacial score (nSPS) is 12.2. The zero-order chi connectivity index (χ0) is 14.4. The largest absolute Gasteiger partial charge is 0.384 e. The molecule has 0 aliphatic carbocycles. The van der Waals surface area contributed by atoms with Crippen molar-refractivity contribution in [2.75, 3.05) is 11.4 Å². The number of anilines is 1. The lowest BCUT2D eigenvalue weighted by Crippen LogP contribution is -2.33. The Kier molecular flexibility index (Phi) is 6.35. The van der Waals surface area contributed by atoms with Crippen molar-refractivity contribution in [3.05, 3.63) is 28.2 Å². The second-order valence-corrected chi connectivity index (χ2v) is 5.74. The number of unbranched alkanes of at least 4 members (excludes halogenated alkanes) is 1. The standard InChI is InChI=1S/C15H24BrN3/c1-4-6-9-19(11(3)5-2)14-8-7-12(15(17)18)10-13(14)16/h7-8,10-11H,4-6,9H2,1-3H3,(H3,17,18). The molecule has 0 aromatic heterocycles. The van der Waals surface area contributed by atoms with Crippen LogP contribution in [0.3, 0.4) is 0 Å².